The molecule has 2 N–H and O–H groups in total. The fourth-order valence-corrected chi connectivity index (χ4v) is 3.37. The molecule has 0 saturated heterocycles. The van der Waals surface area contributed by atoms with Gasteiger partial charge >= 0.3 is 0 Å². The number of aromatic amines is 1. The maximum absolute atomic E-state index is 6.17. The topological polar surface area (TPSA) is 62.8 Å². The zero-order valence-corrected chi connectivity index (χ0v) is 12.1. The highest BCUT2D eigenvalue weighted by Crippen LogP contribution is 2.30. The second-order valence-electron chi connectivity index (χ2n) is 4.62. The Morgan fingerprint density at radius 1 is 1.63 bits per heavy atom. The summed E-state index contributed by atoms with van der Waals surface area (Å²) in [7, 11) is 1.58. The molecule has 102 valence electrons. The minimum absolute atomic E-state index is 0.467. The second-order valence-corrected chi connectivity index (χ2v) is 5.86. The van der Waals surface area contributed by atoms with E-state index in [1.54, 1.807) is 7.11 Å². The average Bonchev–Trinajstić information content (AvgIpc) is 3.02. The van der Waals surface area contributed by atoms with E-state index in [1.165, 1.54) is 22.8 Å². The second kappa shape index (κ2) is 5.48. The van der Waals surface area contributed by atoms with Gasteiger partial charge in [-0.3, -0.25) is 5.10 Å². The lowest BCUT2D eigenvalue weighted by atomic mass is 9.93. The Morgan fingerprint density at radius 3 is 3.32 bits per heavy atom. The first-order valence-electron chi connectivity index (χ1n) is 6.20. The molecule has 1 atom stereocenters. The maximum Gasteiger partial charge on any atom is 0.244 e. The van der Waals surface area contributed by atoms with Crippen LogP contribution in [0.4, 0.5) is 0 Å². The highest BCUT2D eigenvalue weighted by Gasteiger charge is 2.20. The van der Waals surface area contributed by atoms with Gasteiger partial charge < -0.3 is 10.1 Å². The number of H-pyrrole nitrogens is 1. The van der Waals surface area contributed by atoms with Gasteiger partial charge in [0, 0.05) is 18.3 Å². The predicted octanol–water partition coefficient (Wildman–Crippen LogP) is 2.18. The van der Waals surface area contributed by atoms with E-state index in [4.69, 9.17) is 16.3 Å². The molecule has 2 aromatic rings. The first-order valence-corrected chi connectivity index (χ1v) is 7.35. The summed E-state index contributed by atoms with van der Waals surface area (Å²) in [5.41, 5.74) is 2.59. The molecule has 5 nitrogen and oxygen atoms in total. The van der Waals surface area contributed by atoms with Crippen LogP contribution >= 0.6 is 23.1 Å². The largest absolute Gasteiger partial charge is 0.479 e. The lowest BCUT2D eigenvalue weighted by Gasteiger charge is -2.22. The van der Waals surface area contributed by atoms with E-state index in [1.807, 2.05) is 6.20 Å². The van der Waals surface area contributed by atoms with Crippen molar-refractivity contribution >= 4 is 23.1 Å². The summed E-state index contributed by atoms with van der Waals surface area (Å²) in [6, 6.07) is 0.467. The standard InChI is InChI=1S/C12H15ClN4OS/c1-18-12-11(13)10(19-17-12)6-14-8-2-3-9-7(4-8)5-15-16-9/h5,8,14H,2-4,6H2,1H3,(H,15,16). The van der Waals surface area contributed by atoms with E-state index in [0.717, 1.165) is 30.7 Å². The van der Waals surface area contributed by atoms with Crippen molar-refractivity contribution in [1.29, 1.82) is 0 Å². The normalized spacial score (nSPS) is 18.3. The van der Waals surface area contributed by atoms with Crippen molar-refractivity contribution in [3.05, 3.63) is 27.4 Å². The Bertz CT molecular complexity index is 568. The molecule has 1 unspecified atom stereocenters. The fourth-order valence-electron chi connectivity index (χ4n) is 2.36. The molecule has 0 bridgehead atoms. The van der Waals surface area contributed by atoms with Gasteiger partial charge in [-0.1, -0.05) is 11.6 Å². The minimum Gasteiger partial charge on any atom is -0.479 e. The van der Waals surface area contributed by atoms with Gasteiger partial charge in [0.1, 0.15) is 5.02 Å². The summed E-state index contributed by atoms with van der Waals surface area (Å²) < 4.78 is 9.24. The van der Waals surface area contributed by atoms with Crippen molar-refractivity contribution in [3.8, 4) is 5.88 Å². The zero-order valence-electron chi connectivity index (χ0n) is 10.6. The van der Waals surface area contributed by atoms with Crippen LogP contribution < -0.4 is 10.1 Å². The molecule has 0 fully saturated rings. The Hall–Kier alpha value is -1.11. The molecule has 0 saturated carbocycles. The van der Waals surface area contributed by atoms with Gasteiger partial charge in [-0.2, -0.15) is 9.47 Å². The third-order valence-corrected chi connectivity index (χ3v) is 4.76. The maximum atomic E-state index is 6.17. The van der Waals surface area contributed by atoms with E-state index in [0.29, 0.717) is 16.9 Å². The number of methoxy groups -OCH3 is 1. The molecule has 0 aromatic carbocycles. The number of fused-ring (bicyclic) bond motifs is 1. The number of halogens is 1. The smallest absolute Gasteiger partial charge is 0.244 e. The fraction of sp³-hybridized carbons (Fsp3) is 0.500. The van der Waals surface area contributed by atoms with E-state index >= 15 is 0 Å². The minimum atomic E-state index is 0.467. The number of ether oxygens (including phenoxy) is 1. The van der Waals surface area contributed by atoms with E-state index < -0.39 is 0 Å². The molecule has 19 heavy (non-hydrogen) atoms. The predicted molar refractivity (Wildman–Crippen MR) is 74.9 cm³/mol. The van der Waals surface area contributed by atoms with Gasteiger partial charge in [0.2, 0.25) is 5.88 Å². The molecule has 7 heteroatoms. The van der Waals surface area contributed by atoms with Gasteiger partial charge in [0.15, 0.2) is 0 Å². The third-order valence-electron chi connectivity index (χ3n) is 3.43. The lowest BCUT2D eigenvalue weighted by Crippen LogP contribution is -2.33. The van der Waals surface area contributed by atoms with Crippen molar-refractivity contribution in [1.82, 2.24) is 19.9 Å². The average molecular weight is 299 g/mol. The molecule has 2 aromatic heterocycles. The summed E-state index contributed by atoms with van der Waals surface area (Å²) in [6.07, 6.45) is 5.10. The molecule has 0 aliphatic heterocycles. The Morgan fingerprint density at radius 2 is 2.53 bits per heavy atom. The van der Waals surface area contributed by atoms with Crippen LogP contribution in [0.2, 0.25) is 5.02 Å². The van der Waals surface area contributed by atoms with Crippen LogP contribution in [0.15, 0.2) is 6.20 Å². The molecule has 0 spiro atoms. The van der Waals surface area contributed by atoms with E-state index in [9.17, 15) is 0 Å². The van der Waals surface area contributed by atoms with E-state index in [2.05, 4.69) is 19.9 Å². The summed E-state index contributed by atoms with van der Waals surface area (Å²) in [6.45, 7) is 0.734. The number of hydrogen-bond donors (Lipinski definition) is 2. The molecule has 2 heterocycles. The van der Waals surface area contributed by atoms with Crippen LogP contribution in [0.1, 0.15) is 22.6 Å². The Kier molecular flexibility index (Phi) is 3.72. The molecular formula is C12H15ClN4OS. The lowest BCUT2D eigenvalue weighted by molar-refractivity contribution is 0.402. The summed E-state index contributed by atoms with van der Waals surface area (Å²) >= 11 is 7.56. The molecular weight excluding hydrogens is 284 g/mol. The van der Waals surface area contributed by atoms with Crippen LogP contribution in [-0.2, 0) is 19.4 Å². The quantitative estimate of drug-likeness (QED) is 0.908. The van der Waals surface area contributed by atoms with E-state index in [-0.39, 0.29) is 0 Å². The Labute approximate surface area is 120 Å². The highest BCUT2D eigenvalue weighted by atomic mass is 35.5. The van der Waals surface area contributed by atoms with Crippen LogP contribution in [0.5, 0.6) is 5.88 Å². The summed E-state index contributed by atoms with van der Waals surface area (Å²) in [5, 5.41) is 11.3. The number of hydrogen-bond acceptors (Lipinski definition) is 5. The number of nitrogens with zero attached hydrogens (tertiary/aromatic N) is 2. The van der Waals surface area contributed by atoms with Crippen molar-refractivity contribution in [2.75, 3.05) is 7.11 Å². The van der Waals surface area contributed by atoms with Gasteiger partial charge in [0.25, 0.3) is 0 Å². The number of aromatic nitrogens is 3. The molecule has 3 rings (SSSR count). The van der Waals surface area contributed by atoms with Crippen molar-refractivity contribution < 1.29 is 4.74 Å². The van der Waals surface area contributed by atoms with Crippen molar-refractivity contribution in [2.24, 2.45) is 0 Å². The van der Waals surface area contributed by atoms with Gasteiger partial charge in [-0.25, -0.2) is 0 Å². The zero-order chi connectivity index (χ0) is 13.2. The summed E-state index contributed by atoms with van der Waals surface area (Å²) in [4.78, 5) is 1.02. The SMILES string of the molecule is COc1nsc(CNC2CCc3[nH]ncc3C2)c1Cl. The molecule has 1 aliphatic carbocycles. The van der Waals surface area contributed by atoms with Gasteiger partial charge in [-0.05, 0) is 36.4 Å². The van der Waals surface area contributed by atoms with Crippen LogP contribution in [0, 0.1) is 0 Å². The van der Waals surface area contributed by atoms with Gasteiger partial charge in [0.05, 0.1) is 18.2 Å². The third kappa shape index (κ3) is 2.61. The monoisotopic (exact) mass is 298 g/mol. The first-order chi connectivity index (χ1) is 9.28. The molecule has 0 radical (unpaired) electrons. The summed E-state index contributed by atoms with van der Waals surface area (Å²) in [5.74, 6) is 0.518. The molecule has 1 aliphatic rings. The van der Waals surface area contributed by atoms with Crippen molar-refractivity contribution in [3.63, 3.8) is 0 Å². The number of rotatable bonds is 4. The van der Waals surface area contributed by atoms with Crippen LogP contribution in [0.3, 0.4) is 0 Å². The highest BCUT2D eigenvalue weighted by molar-refractivity contribution is 7.06. The Balaban J connectivity index is 1.60. The van der Waals surface area contributed by atoms with Crippen LogP contribution in [-0.4, -0.2) is 27.7 Å². The first kappa shape index (κ1) is 12.9. The van der Waals surface area contributed by atoms with Crippen molar-refractivity contribution in [2.45, 2.75) is 31.8 Å². The molecule has 0 amide bonds. The van der Waals surface area contributed by atoms with Crippen LogP contribution in [0.25, 0.3) is 0 Å². The number of aryl methyl sites for hydroxylation is 1. The number of nitrogens with one attached hydrogen (secondary N) is 2. The van der Waals surface area contributed by atoms with Gasteiger partial charge in [-0.15, -0.1) is 0 Å².